The molecule has 0 bridgehead atoms. The van der Waals surface area contributed by atoms with Crippen molar-refractivity contribution in [2.24, 2.45) is 10.9 Å². The molecule has 1 aromatic carbocycles. The zero-order chi connectivity index (χ0) is 15.0. The first kappa shape index (κ1) is 14.2. The van der Waals surface area contributed by atoms with E-state index in [2.05, 4.69) is 45.4 Å². The summed E-state index contributed by atoms with van der Waals surface area (Å²) in [4.78, 5) is 16.4. The minimum Gasteiger partial charge on any atom is -0.454 e. The number of fused-ring (bicyclic) bond motifs is 1. The number of nitrogens with zero attached hydrogens (tertiary/aromatic N) is 1. The molecule has 0 saturated carbocycles. The standard InChI is InChI=1S/C14H16BrN3O3/c1-7(2)5-16-14-17-11(13(19)18-14)8-3-9(15)12-10(4-8)20-6-21-12/h3-4,7,11H,5-6H2,1-2H3,(H2,16,17,18,19). The van der Waals surface area contributed by atoms with Crippen LogP contribution in [0.1, 0.15) is 25.5 Å². The Balaban J connectivity index is 1.83. The number of ether oxygens (including phenoxy) is 2. The van der Waals surface area contributed by atoms with Crippen molar-refractivity contribution in [3.05, 3.63) is 22.2 Å². The molecule has 2 N–H and O–H groups in total. The predicted octanol–water partition coefficient (Wildman–Crippen LogP) is 1.95. The molecule has 112 valence electrons. The van der Waals surface area contributed by atoms with Gasteiger partial charge in [-0.1, -0.05) is 13.8 Å². The van der Waals surface area contributed by atoms with Gasteiger partial charge in [0.05, 0.1) is 4.47 Å². The molecule has 1 aromatic rings. The molecule has 1 amide bonds. The third kappa shape index (κ3) is 2.83. The van der Waals surface area contributed by atoms with Gasteiger partial charge in [-0.2, -0.15) is 0 Å². The molecule has 2 heterocycles. The first-order valence-corrected chi connectivity index (χ1v) is 7.55. The Morgan fingerprint density at radius 1 is 1.43 bits per heavy atom. The number of aliphatic imine (C=N–C) groups is 1. The van der Waals surface area contributed by atoms with Gasteiger partial charge < -0.3 is 14.8 Å². The van der Waals surface area contributed by atoms with Crippen LogP contribution >= 0.6 is 15.9 Å². The second-order valence-corrected chi connectivity index (χ2v) is 6.24. The van der Waals surface area contributed by atoms with E-state index >= 15 is 0 Å². The number of hydrogen-bond acceptors (Lipinski definition) is 4. The van der Waals surface area contributed by atoms with Crippen molar-refractivity contribution >= 4 is 27.8 Å². The summed E-state index contributed by atoms with van der Waals surface area (Å²) in [6, 6.07) is 3.20. The van der Waals surface area contributed by atoms with Gasteiger partial charge in [0.25, 0.3) is 5.91 Å². The second-order valence-electron chi connectivity index (χ2n) is 5.39. The SMILES string of the molecule is CC(C)CN=C1NC(=O)C(c2cc(Br)c3c(c2)OCO3)N1. The molecule has 0 aliphatic carbocycles. The highest BCUT2D eigenvalue weighted by atomic mass is 79.9. The third-order valence-electron chi connectivity index (χ3n) is 3.18. The van der Waals surface area contributed by atoms with E-state index < -0.39 is 6.04 Å². The van der Waals surface area contributed by atoms with Crippen LogP contribution in [0, 0.1) is 5.92 Å². The number of rotatable bonds is 3. The molecule has 6 nitrogen and oxygen atoms in total. The lowest BCUT2D eigenvalue weighted by Gasteiger charge is -2.10. The second kappa shape index (κ2) is 5.55. The minimum absolute atomic E-state index is 0.122. The molecule has 2 aliphatic rings. The largest absolute Gasteiger partial charge is 0.454 e. The summed E-state index contributed by atoms with van der Waals surface area (Å²) in [5.74, 6) is 2.15. The Bertz CT molecular complexity index is 616. The molecule has 1 fully saturated rings. The highest BCUT2D eigenvalue weighted by Gasteiger charge is 2.31. The number of guanidine groups is 1. The molecule has 0 radical (unpaired) electrons. The van der Waals surface area contributed by atoms with Gasteiger partial charge in [-0.25, -0.2) is 0 Å². The number of benzene rings is 1. The maximum atomic E-state index is 12.1. The minimum atomic E-state index is -0.471. The van der Waals surface area contributed by atoms with Crippen molar-refractivity contribution in [2.45, 2.75) is 19.9 Å². The Hall–Kier alpha value is -1.76. The lowest BCUT2D eigenvalue weighted by atomic mass is 10.1. The molecule has 1 unspecified atom stereocenters. The maximum absolute atomic E-state index is 12.1. The lowest BCUT2D eigenvalue weighted by Crippen LogP contribution is -2.26. The van der Waals surface area contributed by atoms with E-state index in [9.17, 15) is 4.79 Å². The Morgan fingerprint density at radius 3 is 3.00 bits per heavy atom. The monoisotopic (exact) mass is 353 g/mol. The molecule has 7 heteroatoms. The summed E-state index contributed by atoms with van der Waals surface area (Å²) in [5, 5.41) is 5.86. The van der Waals surface area contributed by atoms with E-state index in [4.69, 9.17) is 9.47 Å². The van der Waals surface area contributed by atoms with Crippen molar-refractivity contribution < 1.29 is 14.3 Å². The Kier molecular flexibility index (Phi) is 3.75. The van der Waals surface area contributed by atoms with Crippen LogP contribution in [0.5, 0.6) is 11.5 Å². The first-order chi connectivity index (χ1) is 10.0. The maximum Gasteiger partial charge on any atom is 0.253 e. The van der Waals surface area contributed by atoms with Crippen molar-refractivity contribution in [2.75, 3.05) is 13.3 Å². The molecule has 2 aliphatic heterocycles. The van der Waals surface area contributed by atoms with Crippen LogP contribution in [0.3, 0.4) is 0 Å². The molecular weight excluding hydrogens is 338 g/mol. The molecule has 0 spiro atoms. The van der Waals surface area contributed by atoms with Crippen molar-refractivity contribution in [3.63, 3.8) is 0 Å². The van der Waals surface area contributed by atoms with Crippen molar-refractivity contribution in [1.29, 1.82) is 0 Å². The summed E-state index contributed by atoms with van der Waals surface area (Å²) < 4.78 is 11.5. The van der Waals surface area contributed by atoms with Crippen molar-refractivity contribution in [3.8, 4) is 11.5 Å². The predicted molar refractivity (Wildman–Crippen MR) is 81.4 cm³/mol. The fourth-order valence-electron chi connectivity index (χ4n) is 2.17. The third-order valence-corrected chi connectivity index (χ3v) is 3.77. The first-order valence-electron chi connectivity index (χ1n) is 6.75. The van der Waals surface area contributed by atoms with E-state index in [1.165, 1.54) is 0 Å². The quantitative estimate of drug-likeness (QED) is 0.871. The van der Waals surface area contributed by atoms with Gasteiger partial charge in [-0.05, 0) is 39.5 Å². The van der Waals surface area contributed by atoms with Gasteiger partial charge in [-0.15, -0.1) is 0 Å². The lowest BCUT2D eigenvalue weighted by molar-refractivity contribution is -0.120. The van der Waals surface area contributed by atoms with E-state index in [-0.39, 0.29) is 12.7 Å². The van der Waals surface area contributed by atoms with Gasteiger partial charge in [0.2, 0.25) is 6.79 Å². The molecule has 21 heavy (non-hydrogen) atoms. The average molecular weight is 354 g/mol. The van der Waals surface area contributed by atoms with Gasteiger partial charge in [0.15, 0.2) is 17.5 Å². The number of carbonyl (C=O) groups is 1. The zero-order valence-corrected chi connectivity index (χ0v) is 13.4. The molecule has 0 aromatic heterocycles. The summed E-state index contributed by atoms with van der Waals surface area (Å²) in [7, 11) is 0. The van der Waals surface area contributed by atoms with Crippen LogP contribution in [0.4, 0.5) is 0 Å². The molecule has 1 atom stereocenters. The smallest absolute Gasteiger partial charge is 0.253 e. The molecule has 3 rings (SSSR count). The summed E-state index contributed by atoms with van der Waals surface area (Å²) in [5.41, 5.74) is 0.804. The van der Waals surface area contributed by atoms with Gasteiger partial charge in [0.1, 0.15) is 6.04 Å². The van der Waals surface area contributed by atoms with Gasteiger partial charge >= 0.3 is 0 Å². The number of carbonyl (C=O) groups excluding carboxylic acids is 1. The number of hydrogen-bond donors (Lipinski definition) is 2. The number of halogens is 1. The van der Waals surface area contributed by atoms with Crippen LogP contribution in [0.25, 0.3) is 0 Å². The normalized spacial score (nSPS) is 21.8. The van der Waals surface area contributed by atoms with E-state index in [0.717, 1.165) is 10.0 Å². The number of amides is 1. The zero-order valence-electron chi connectivity index (χ0n) is 11.8. The van der Waals surface area contributed by atoms with E-state index in [1.807, 2.05) is 12.1 Å². The summed E-state index contributed by atoms with van der Waals surface area (Å²) in [6.07, 6.45) is 0. The topological polar surface area (TPSA) is 72.0 Å². The van der Waals surface area contributed by atoms with Crippen molar-refractivity contribution in [1.82, 2.24) is 10.6 Å². The Morgan fingerprint density at radius 2 is 2.24 bits per heavy atom. The molecule has 1 saturated heterocycles. The van der Waals surface area contributed by atoms with Crippen LogP contribution in [0.2, 0.25) is 0 Å². The van der Waals surface area contributed by atoms with Gasteiger partial charge in [0, 0.05) is 6.54 Å². The fourth-order valence-corrected chi connectivity index (χ4v) is 2.75. The number of nitrogens with one attached hydrogen (secondary N) is 2. The molecular formula is C14H16BrN3O3. The van der Waals surface area contributed by atoms with E-state index in [1.54, 1.807) is 0 Å². The van der Waals surface area contributed by atoms with Crippen LogP contribution < -0.4 is 20.1 Å². The fraction of sp³-hybridized carbons (Fsp3) is 0.429. The van der Waals surface area contributed by atoms with Crippen LogP contribution in [-0.4, -0.2) is 25.2 Å². The highest BCUT2D eigenvalue weighted by molar-refractivity contribution is 9.10. The van der Waals surface area contributed by atoms with Gasteiger partial charge in [-0.3, -0.25) is 15.1 Å². The summed E-state index contributed by atoms with van der Waals surface area (Å²) in [6.45, 7) is 5.02. The highest BCUT2D eigenvalue weighted by Crippen LogP contribution is 2.41. The Labute approximate surface area is 131 Å². The van der Waals surface area contributed by atoms with Crippen LogP contribution in [0.15, 0.2) is 21.6 Å². The van der Waals surface area contributed by atoms with E-state index in [0.29, 0.717) is 29.9 Å². The summed E-state index contributed by atoms with van der Waals surface area (Å²) >= 11 is 3.44. The average Bonchev–Trinajstić information content (AvgIpc) is 3.02. The van der Waals surface area contributed by atoms with Crippen LogP contribution in [-0.2, 0) is 4.79 Å².